The van der Waals surface area contributed by atoms with Gasteiger partial charge in [-0.25, -0.2) is 13.1 Å². The number of carbonyl (C=O) groups is 1. The number of ether oxygens (including phenoxy) is 3. The first kappa shape index (κ1) is 36.3. The summed E-state index contributed by atoms with van der Waals surface area (Å²) in [5, 5.41) is -0.0918. The van der Waals surface area contributed by atoms with Gasteiger partial charge in [-0.3, -0.25) is 9.69 Å². The molecule has 0 unspecified atom stereocenters. The van der Waals surface area contributed by atoms with Crippen LogP contribution in [0.3, 0.4) is 0 Å². The van der Waals surface area contributed by atoms with E-state index < -0.39 is 26.8 Å². The first-order valence-electron chi connectivity index (χ1n) is 18.5. The molecular formula is C40H50ClN3O6S. The molecule has 7 rings (SSSR count). The Morgan fingerprint density at radius 3 is 2.73 bits per heavy atom. The molecular weight excluding hydrogens is 686 g/mol. The van der Waals surface area contributed by atoms with Crippen LogP contribution in [0.5, 0.6) is 5.75 Å². The smallest absolute Gasteiger partial charge is 0.264 e. The molecule has 2 bridgehead atoms. The van der Waals surface area contributed by atoms with Gasteiger partial charge in [0, 0.05) is 54.6 Å². The number of nitrogens with zero attached hydrogens (tertiary/aromatic N) is 2. The average Bonchev–Trinajstić information content (AvgIpc) is 3.26. The van der Waals surface area contributed by atoms with Gasteiger partial charge >= 0.3 is 0 Å². The van der Waals surface area contributed by atoms with Crippen LogP contribution in [0.25, 0.3) is 0 Å². The number of nitrogens with one attached hydrogen (secondary N) is 1. The zero-order valence-electron chi connectivity index (χ0n) is 29.7. The molecule has 11 heteroatoms. The molecule has 2 aromatic rings. The van der Waals surface area contributed by atoms with E-state index >= 15 is 0 Å². The molecule has 1 N–H and O–H groups in total. The second kappa shape index (κ2) is 14.7. The van der Waals surface area contributed by atoms with E-state index in [0.717, 1.165) is 62.4 Å². The van der Waals surface area contributed by atoms with E-state index in [4.69, 9.17) is 32.2 Å². The first-order valence-corrected chi connectivity index (χ1v) is 20.4. The summed E-state index contributed by atoms with van der Waals surface area (Å²) < 4.78 is 48.4. The van der Waals surface area contributed by atoms with Crippen molar-refractivity contribution in [3.05, 3.63) is 70.3 Å². The zero-order chi connectivity index (χ0) is 35.8. The van der Waals surface area contributed by atoms with Crippen LogP contribution in [0.4, 0.5) is 5.69 Å². The maximum atomic E-state index is 13.6. The zero-order valence-corrected chi connectivity index (χ0v) is 31.3. The number of anilines is 1. The molecule has 51 heavy (non-hydrogen) atoms. The fourth-order valence-electron chi connectivity index (χ4n) is 8.77. The third-order valence-corrected chi connectivity index (χ3v) is 14.3. The third kappa shape index (κ3) is 7.30. The van der Waals surface area contributed by atoms with Gasteiger partial charge in [0.15, 0.2) is 0 Å². The van der Waals surface area contributed by atoms with Crippen molar-refractivity contribution >= 4 is 33.2 Å². The number of hydrogen-bond acceptors (Lipinski definition) is 8. The van der Waals surface area contributed by atoms with E-state index in [1.54, 1.807) is 19.1 Å². The minimum absolute atomic E-state index is 0.0558. The molecule has 2 aromatic carbocycles. The number of sulfonamides is 1. The summed E-state index contributed by atoms with van der Waals surface area (Å²) >= 11 is 6.47. The minimum Gasteiger partial charge on any atom is -0.490 e. The molecule has 0 radical (unpaired) electrons. The summed E-state index contributed by atoms with van der Waals surface area (Å²) in [4.78, 5) is 18.3. The first-order chi connectivity index (χ1) is 24.5. The highest BCUT2D eigenvalue weighted by Crippen LogP contribution is 2.49. The fourth-order valence-corrected chi connectivity index (χ4v) is 10.3. The molecule has 1 amide bonds. The van der Waals surface area contributed by atoms with Crippen LogP contribution in [0.2, 0.25) is 5.02 Å². The monoisotopic (exact) mass is 735 g/mol. The molecule has 9 nitrogen and oxygen atoms in total. The van der Waals surface area contributed by atoms with E-state index in [0.29, 0.717) is 51.7 Å². The van der Waals surface area contributed by atoms with E-state index in [-0.39, 0.29) is 28.7 Å². The lowest BCUT2D eigenvalue weighted by Crippen LogP contribution is -2.53. The summed E-state index contributed by atoms with van der Waals surface area (Å²) in [6.45, 7) is 9.77. The number of morpholine rings is 1. The van der Waals surface area contributed by atoms with Crippen LogP contribution in [0, 0.1) is 30.1 Å². The fraction of sp³-hybridized carbons (Fsp3) is 0.575. The van der Waals surface area contributed by atoms with E-state index in [1.165, 1.54) is 11.1 Å². The molecule has 274 valence electrons. The highest BCUT2D eigenvalue weighted by atomic mass is 35.5. The summed E-state index contributed by atoms with van der Waals surface area (Å²) in [7, 11) is -3.98. The van der Waals surface area contributed by atoms with Crippen molar-refractivity contribution in [1.82, 2.24) is 9.62 Å². The number of halogens is 1. The van der Waals surface area contributed by atoms with Crippen LogP contribution in [-0.4, -0.2) is 89.2 Å². The van der Waals surface area contributed by atoms with Crippen molar-refractivity contribution in [1.29, 1.82) is 0 Å². The molecule has 5 aliphatic rings. The van der Waals surface area contributed by atoms with Crippen LogP contribution in [-0.2, 0) is 31.3 Å². The number of amides is 1. The van der Waals surface area contributed by atoms with Gasteiger partial charge in [0.1, 0.15) is 11.4 Å². The lowest BCUT2D eigenvalue weighted by atomic mass is 9.64. The summed E-state index contributed by atoms with van der Waals surface area (Å²) in [5.74, 6) is 3.14. The number of benzene rings is 2. The number of carbonyl (C=O) groups excluding carboxylic acids is 1. The lowest BCUT2D eigenvalue weighted by molar-refractivity contribution is -0.0703. The topological polar surface area (TPSA) is 97.4 Å². The molecule has 6 atom stereocenters. The van der Waals surface area contributed by atoms with Gasteiger partial charge in [-0.15, -0.1) is 6.42 Å². The Bertz CT molecular complexity index is 1810. The summed E-state index contributed by atoms with van der Waals surface area (Å²) in [6, 6.07) is 11.5. The van der Waals surface area contributed by atoms with Crippen molar-refractivity contribution in [3.8, 4) is 18.1 Å². The summed E-state index contributed by atoms with van der Waals surface area (Å²) in [5.41, 5.74) is 2.32. The Balaban J connectivity index is 1.28. The second-order valence-electron chi connectivity index (χ2n) is 15.3. The van der Waals surface area contributed by atoms with Crippen molar-refractivity contribution in [2.45, 2.75) is 68.6 Å². The minimum atomic E-state index is -3.98. The Kier molecular flexibility index (Phi) is 10.5. The van der Waals surface area contributed by atoms with Gasteiger partial charge in [-0.05, 0) is 105 Å². The standard InChI is InChI=1S/C40H50ClN3O6S/c1-4-40(50-22-19-43-17-20-48-21-18-43)16-5-7-28(2)29(3)51(46,47)42-38(45)31-10-14-37-36(24-31)44(25-32-9-12-35(32)40)26-39(27-49-37)15-6-8-30-23-33(41)11-13-34(30)39/h1,5,10-11,13-14,16,23-24,28-29,32,35H,6-9,12,15,17-22,25-27H2,2-3H3,(H,42,45)/b16-5+/t28-,29+,32-,35+,39-,40-/m0/s1. The molecule has 0 aromatic heterocycles. The predicted molar refractivity (Wildman–Crippen MR) is 200 cm³/mol. The van der Waals surface area contributed by atoms with E-state index in [2.05, 4.69) is 32.6 Å². The van der Waals surface area contributed by atoms with Gasteiger partial charge in [-0.1, -0.05) is 36.6 Å². The van der Waals surface area contributed by atoms with E-state index in [1.807, 2.05) is 31.2 Å². The van der Waals surface area contributed by atoms with Gasteiger partial charge < -0.3 is 19.1 Å². The Labute approximate surface area is 308 Å². The Hall–Kier alpha value is -3.07. The lowest BCUT2D eigenvalue weighted by Gasteiger charge is -2.49. The molecule has 3 aliphatic heterocycles. The number of fused-ring (bicyclic) bond motifs is 4. The quantitative estimate of drug-likeness (QED) is 0.320. The molecule has 1 spiro atoms. The maximum absolute atomic E-state index is 13.6. The molecule has 3 heterocycles. The predicted octanol–water partition coefficient (Wildman–Crippen LogP) is 5.60. The van der Waals surface area contributed by atoms with Gasteiger partial charge in [0.05, 0.1) is 37.4 Å². The maximum Gasteiger partial charge on any atom is 0.264 e. The second-order valence-corrected chi connectivity index (χ2v) is 17.7. The van der Waals surface area contributed by atoms with Crippen LogP contribution in [0.15, 0.2) is 48.6 Å². The highest BCUT2D eigenvalue weighted by molar-refractivity contribution is 7.90. The van der Waals surface area contributed by atoms with Crippen LogP contribution in [0.1, 0.15) is 67.4 Å². The van der Waals surface area contributed by atoms with Crippen molar-refractivity contribution in [3.63, 3.8) is 0 Å². The Morgan fingerprint density at radius 1 is 1.14 bits per heavy atom. The average molecular weight is 736 g/mol. The number of aryl methyl sites for hydroxylation is 1. The third-order valence-electron chi connectivity index (χ3n) is 12.2. The van der Waals surface area contributed by atoms with Crippen molar-refractivity contribution < 1.29 is 27.4 Å². The normalized spacial score (nSPS) is 33.0. The SMILES string of the molecule is C#C[C@]1(OCCN2CCOCC2)/C=C/C[C@H](C)[C@@H](C)S(=O)(=O)NC(=O)c2ccc3c(c2)N(C[C@@H]2CC[C@H]21)C[C@@]1(CCCc2cc(Cl)ccc21)CO3. The van der Waals surface area contributed by atoms with Gasteiger partial charge in [-0.2, -0.15) is 0 Å². The number of rotatable bonds is 4. The van der Waals surface area contributed by atoms with Gasteiger partial charge in [0.25, 0.3) is 5.91 Å². The number of hydrogen-bond donors (Lipinski definition) is 1. The van der Waals surface area contributed by atoms with Crippen LogP contribution < -0.4 is 14.4 Å². The summed E-state index contributed by atoms with van der Waals surface area (Å²) in [6.07, 6.45) is 15.8. The van der Waals surface area contributed by atoms with E-state index in [9.17, 15) is 13.2 Å². The molecule has 2 fully saturated rings. The Morgan fingerprint density at radius 2 is 1.96 bits per heavy atom. The number of terminal acetylenes is 1. The number of allylic oxidation sites excluding steroid dienone is 1. The van der Waals surface area contributed by atoms with Crippen molar-refractivity contribution in [2.75, 3.05) is 64.1 Å². The largest absolute Gasteiger partial charge is 0.490 e. The highest BCUT2D eigenvalue weighted by Gasteiger charge is 2.49. The molecule has 2 aliphatic carbocycles. The molecule has 1 saturated carbocycles. The van der Waals surface area contributed by atoms with Crippen LogP contribution >= 0.6 is 11.6 Å². The van der Waals surface area contributed by atoms with Gasteiger partial charge in [0.2, 0.25) is 10.0 Å². The molecule has 1 saturated heterocycles. The van der Waals surface area contributed by atoms with Crippen molar-refractivity contribution in [2.24, 2.45) is 17.8 Å².